The van der Waals surface area contributed by atoms with Crippen LogP contribution in [-0.2, 0) is 16.1 Å². The minimum Gasteiger partial charge on any atom is -0.326 e. The zero-order valence-corrected chi connectivity index (χ0v) is 19.4. The number of aromatic nitrogens is 2. The molecule has 1 heterocycles. The van der Waals surface area contributed by atoms with Crippen molar-refractivity contribution in [3.8, 4) is 0 Å². The number of aryl methyl sites for hydroxylation is 1. The molecule has 2 aromatic rings. The molecule has 1 aromatic carbocycles. The molecule has 0 saturated heterocycles. The first kappa shape index (κ1) is 26.7. The normalized spacial score (nSPS) is 11.5. The Morgan fingerprint density at radius 1 is 1.16 bits per heavy atom. The number of hydrogen-bond acceptors (Lipinski definition) is 5. The Hall–Kier alpha value is -2.33. The maximum absolute atomic E-state index is 12.1. The smallest absolute Gasteiger partial charge is 0.326 e. The van der Waals surface area contributed by atoms with Gasteiger partial charge < -0.3 is 10.6 Å². The molecule has 0 bridgehead atoms. The van der Waals surface area contributed by atoms with E-state index in [1.165, 1.54) is 10.6 Å². The highest BCUT2D eigenvalue weighted by molar-refractivity contribution is 7.99. The summed E-state index contributed by atoms with van der Waals surface area (Å²) in [6.45, 7) is 11.6. The summed E-state index contributed by atoms with van der Waals surface area (Å²) in [5, 5.41) is 10.7. The summed E-state index contributed by atoms with van der Waals surface area (Å²) in [6, 6.07) is 7.96. The lowest BCUT2D eigenvalue weighted by Gasteiger charge is -2.17. The lowest BCUT2D eigenvalue weighted by Crippen LogP contribution is -2.27. The maximum atomic E-state index is 12.1. The molecule has 0 unspecified atom stereocenters. The largest absolute Gasteiger partial charge is 0.446 e. The Morgan fingerprint density at radius 2 is 1.71 bits per heavy atom. The summed E-state index contributed by atoms with van der Waals surface area (Å²) in [4.78, 5) is 23.1. The number of halogens is 3. The quantitative estimate of drug-likeness (QED) is 0.619. The number of benzene rings is 1. The second-order valence-corrected chi connectivity index (χ2v) is 8.90. The van der Waals surface area contributed by atoms with Gasteiger partial charge in [0.1, 0.15) is 0 Å². The van der Waals surface area contributed by atoms with Crippen LogP contribution in [-0.4, -0.2) is 41.7 Å². The Labute approximate surface area is 185 Å². The van der Waals surface area contributed by atoms with Gasteiger partial charge in [-0.25, -0.2) is 0 Å². The number of carbonyl (C=O) groups is 2. The molecule has 0 aliphatic rings. The average Bonchev–Trinajstić information content (AvgIpc) is 2.94. The number of rotatable bonds is 6. The first-order valence-electron chi connectivity index (χ1n) is 9.59. The lowest BCUT2D eigenvalue weighted by atomic mass is 9.95. The molecule has 0 radical (unpaired) electrons. The third kappa shape index (κ3) is 9.14. The summed E-state index contributed by atoms with van der Waals surface area (Å²) in [7, 11) is 1.95. The van der Waals surface area contributed by atoms with E-state index in [0.29, 0.717) is 0 Å². The minimum absolute atomic E-state index is 0.0189. The fourth-order valence-electron chi connectivity index (χ4n) is 2.31. The molecule has 0 aliphatic heterocycles. The number of aldehydes is 1. The van der Waals surface area contributed by atoms with Crippen molar-refractivity contribution >= 4 is 29.6 Å². The summed E-state index contributed by atoms with van der Waals surface area (Å²) < 4.78 is 33.3. The van der Waals surface area contributed by atoms with E-state index in [9.17, 15) is 18.0 Å². The van der Waals surface area contributed by atoms with Crippen molar-refractivity contribution in [2.75, 3.05) is 18.9 Å². The first-order valence-corrected chi connectivity index (χ1v) is 10.4. The molecule has 6 nitrogen and oxygen atoms in total. The maximum Gasteiger partial charge on any atom is 0.446 e. The highest BCUT2D eigenvalue weighted by Crippen LogP contribution is 2.33. The Bertz CT molecular complexity index is 872. The van der Waals surface area contributed by atoms with Crippen LogP contribution in [0, 0.1) is 19.3 Å². The third-order valence-corrected chi connectivity index (χ3v) is 5.34. The van der Waals surface area contributed by atoms with Crippen LogP contribution in [0.15, 0.2) is 34.1 Å². The van der Waals surface area contributed by atoms with Crippen molar-refractivity contribution in [1.82, 2.24) is 15.1 Å². The number of alkyl halides is 3. The van der Waals surface area contributed by atoms with E-state index in [1.54, 1.807) is 11.8 Å². The van der Waals surface area contributed by atoms with E-state index in [2.05, 4.69) is 22.7 Å². The van der Waals surface area contributed by atoms with Crippen molar-refractivity contribution in [2.45, 2.75) is 57.1 Å². The fraction of sp³-hybridized carbons (Fsp3) is 0.476. The summed E-state index contributed by atoms with van der Waals surface area (Å²) in [5.41, 5.74) is 2.65. The lowest BCUT2D eigenvalue weighted by molar-refractivity contribution is -0.156. The SMILES string of the molecule is CNCCn1nc(C)c(Sc2ccc(NC(=O)C(C)(C)C)cc2)c1C.O=CC(F)(F)F. The summed E-state index contributed by atoms with van der Waals surface area (Å²) in [5.74, 6) is 0.0189. The zero-order chi connectivity index (χ0) is 23.8. The van der Waals surface area contributed by atoms with Crippen LogP contribution in [0.4, 0.5) is 18.9 Å². The molecule has 31 heavy (non-hydrogen) atoms. The van der Waals surface area contributed by atoms with Gasteiger partial charge in [-0.1, -0.05) is 32.5 Å². The van der Waals surface area contributed by atoms with E-state index in [-0.39, 0.29) is 5.91 Å². The van der Waals surface area contributed by atoms with E-state index in [0.717, 1.165) is 29.4 Å². The van der Waals surface area contributed by atoms with Crippen LogP contribution in [0.3, 0.4) is 0 Å². The van der Waals surface area contributed by atoms with Crippen LogP contribution in [0.1, 0.15) is 32.2 Å². The number of nitrogens with zero attached hydrogens (tertiary/aromatic N) is 2. The summed E-state index contributed by atoms with van der Waals surface area (Å²) in [6.07, 6.45) is -5.70. The topological polar surface area (TPSA) is 76.0 Å². The fourth-order valence-corrected chi connectivity index (χ4v) is 3.26. The van der Waals surface area contributed by atoms with E-state index in [1.807, 2.05) is 63.7 Å². The predicted octanol–water partition coefficient (Wildman–Crippen LogP) is 4.60. The molecule has 10 heteroatoms. The number of carbonyl (C=O) groups excluding carboxylic acids is 2. The molecule has 0 saturated carbocycles. The number of amides is 1. The number of nitrogens with one attached hydrogen (secondary N) is 2. The summed E-state index contributed by atoms with van der Waals surface area (Å²) >= 11 is 1.71. The minimum atomic E-state index is -4.64. The van der Waals surface area contributed by atoms with Gasteiger partial charge in [-0.2, -0.15) is 18.3 Å². The van der Waals surface area contributed by atoms with E-state index < -0.39 is 17.9 Å². The first-order chi connectivity index (χ1) is 14.3. The van der Waals surface area contributed by atoms with Gasteiger partial charge in [-0.05, 0) is 45.2 Å². The van der Waals surface area contributed by atoms with Gasteiger partial charge in [0.15, 0.2) is 0 Å². The van der Waals surface area contributed by atoms with Gasteiger partial charge in [-0.15, -0.1) is 0 Å². The van der Waals surface area contributed by atoms with Crippen LogP contribution in [0.25, 0.3) is 0 Å². The molecule has 2 N–H and O–H groups in total. The second kappa shape index (κ2) is 11.3. The van der Waals surface area contributed by atoms with Crippen LogP contribution >= 0.6 is 11.8 Å². The van der Waals surface area contributed by atoms with Gasteiger partial charge in [0.05, 0.1) is 17.1 Å². The van der Waals surface area contributed by atoms with E-state index in [4.69, 9.17) is 4.79 Å². The highest BCUT2D eigenvalue weighted by atomic mass is 32.2. The van der Waals surface area contributed by atoms with Crippen LogP contribution < -0.4 is 10.6 Å². The molecule has 0 atom stereocenters. The van der Waals surface area contributed by atoms with Gasteiger partial charge >= 0.3 is 6.18 Å². The Kier molecular flexibility index (Phi) is 9.76. The molecule has 1 amide bonds. The molecular formula is C21H29F3N4O2S. The molecule has 172 valence electrons. The predicted molar refractivity (Wildman–Crippen MR) is 116 cm³/mol. The van der Waals surface area contributed by atoms with Crippen molar-refractivity contribution < 1.29 is 22.8 Å². The average molecular weight is 459 g/mol. The molecule has 0 aliphatic carbocycles. The van der Waals surface area contributed by atoms with Gasteiger partial charge in [0.25, 0.3) is 0 Å². The van der Waals surface area contributed by atoms with Gasteiger partial charge in [0, 0.05) is 28.2 Å². The Morgan fingerprint density at radius 3 is 2.16 bits per heavy atom. The monoisotopic (exact) mass is 458 g/mol. The van der Waals surface area contributed by atoms with Crippen molar-refractivity contribution in [1.29, 1.82) is 0 Å². The van der Waals surface area contributed by atoms with Gasteiger partial charge in [0.2, 0.25) is 12.2 Å². The van der Waals surface area contributed by atoms with Crippen molar-refractivity contribution in [3.05, 3.63) is 35.7 Å². The highest BCUT2D eigenvalue weighted by Gasteiger charge is 2.25. The number of likely N-dealkylation sites (N-methyl/N-ethyl adjacent to an activating group) is 1. The van der Waals surface area contributed by atoms with E-state index >= 15 is 0 Å². The molecule has 2 rings (SSSR count). The zero-order valence-electron chi connectivity index (χ0n) is 18.6. The Balaban J connectivity index is 0.000000703. The molecule has 1 aromatic heterocycles. The van der Waals surface area contributed by atoms with Crippen LogP contribution in [0.5, 0.6) is 0 Å². The van der Waals surface area contributed by atoms with Crippen LogP contribution in [0.2, 0.25) is 0 Å². The van der Waals surface area contributed by atoms with Crippen molar-refractivity contribution in [3.63, 3.8) is 0 Å². The standard InChI is InChI=1S/C19H28N4OS.C2HF3O/c1-13-17(14(2)23(22-13)12-11-20-6)25-16-9-7-15(8-10-16)21-18(24)19(3,4)5;3-2(4,5)1-6/h7-10,20H,11-12H2,1-6H3,(H,21,24);1H. The number of anilines is 1. The molecule has 0 spiro atoms. The van der Waals surface area contributed by atoms with Crippen molar-refractivity contribution in [2.24, 2.45) is 5.41 Å². The third-order valence-electron chi connectivity index (χ3n) is 4.04. The number of hydrogen-bond donors (Lipinski definition) is 2. The molecule has 0 fully saturated rings. The van der Waals surface area contributed by atoms with Gasteiger partial charge in [-0.3, -0.25) is 14.3 Å². The second-order valence-electron chi connectivity index (χ2n) is 7.82. The molecular weight excluding hydrogens is 429 g/mol.